The van der Waals surface area contributed by atoms with Crippen molar-refractivity contribution in [3.63, 3.8) is 0 Å². The zero-order valence-electron chi connectivity index (χ0n) is 13.7. The molecule has 5 heteroatoms. The highest BCUT2D eigenvalue weighted by molar-refractivity contribution is 8.00. The van der Waals surface area contributed by atoms with Crippen LogP contribution in [0.4, 0.5) is 0 Å². The van der Waals surface area contributed by atoms with Crippen LogP contribution in [0, 0.1) is 6.92 Å². The third-order valence-corrected chi connectivity index (χ3v) is 4.75. The molecule has 1 atom stereocenters. The van der Waals surface area contributed by atoms with Crippen LogP contribution in [-0.2, 0) is 11.3 Å². The van der Waals surface area contributed by atoms with Crippen molar-refractivity contribution in [2.45, 2.75) is 30.7 Å². The summed E-state index contributed by atoms with van der Waals surface area (Å²) in [4.78, 5) is 21.3. The zero-order valence-corrected chi connectivity index (χ0v) is 14.5. The summed E-state index contributed by atoms with van der Waals surface area (Å²) in [5.74, 6) is 0.720. The Morgan fingerprint density at radius 3 is 2.58 bits per heavy atom. The third kappa shape index (κ3) is 3.92. The number of hydrogen-bond donors (Lipinski definition) is 1. The maximum absolute atomic E-state index is 12.4. The van der Waals surface area contributed by atoms with Crippen LogP contribution in [0.15, 0.2) is 59.6 Å². The molecule has 0 saturated heterocycles. The second-order valence-corrected chi connectivity index (χ2v) is 6.89. The summed E-state index contributed by atoms with van der Waals surface area (Å²) in [5, 5.41) is 4.58. The molecule has 1 N–H and O–H groups in total. The summed E-state index contributed by atoms with van der Waals surface area (Å²) in [6.07, 6.45) is 0. The maximum Gasteiger partial charge on any atom is 0.233 e. The smallest absolute Gasteiger partial charge is 0.233 e. The Hall–Kier alpha value is -2.40. The minimum absolute atomic E-state index is 0.00389. The predicted octanol–water partition coefficient (Wildman–Crippen LogP) is 3.74. The van der Waals surface area contributed by atoms with E-state index in [4.69, 9.17) is 0 Å². The number of nitrogens with one attached hydrogen (secondary N) is 1. The fourth-order valence-corrected chi connectivity index (χ4v) is 3.41. The van der Waals surface area contributed by atoms with Crippen molar-refractivity contribution in [2.75, 3.05) is 0 Å². The molecule has 0 aliphatic heterocycles. The average molecular weight is 337 g/mol. The van der Waals surface area contributed by atoms with Gasteiger partial charge < -0.3 is 5.32 Å². The van der Waals surface area contributed by atoms with E-state index in [1.807, 2.05) is 68.4 Å². The Bertz CT molecular complexity index is 852. The highest BCUT2D eigenvalue weighted by Gasteiger charge is 2.17. The van der Waals surface area contributed by atoms with Gasteiger partial charge in [-0.05, 0) is 25.5 Å². The van der Waals surface area contributed by atoms with Gasteiger partial charge in [0.25, 0.3) is 0 Å². The summed E-state index contributed by atoms with van der Waals surface area (Å²) in [7, 11) is 0. The molecule has 1 aromatic heterocycles. The van der Waals surface area contributed by atoms with Crippen LogP contribution in [0.5, 0.6) is 0 Å². The highest BCUT2D eigenvalue weighted by Crippen LogP contribution is 2.28. The molecule has 2 aromatic carbocycles. The minimum atomic E-state index is -0.230. The standard InChI is InChI=1S/C19H19N3OS/c1-13(18(23)20-12-15-8-4-3-5-9-15)24-19-16-10-6-7-11-17(16)21-14(2)22-19/h3-11,13H,12H2,1-2H3,(H,20,23)/t13-/m1/s1. The van der Waals surface area contributed by atoms with Crippen molar-refractivity contribution in [3.8, 4) is 0 Å². The van der Waals surface area contributed by atoms with Crippen molar-refractivity contribution >= 4 is 28.6 Å². The van der Waals surface area contributed by atoms with Gasteiger partial charge >= 0.3 is 0 Å². The first-order valence-corrected chi connectivity index (χ1v) is 8.73. The average Bonchev–Trinajstić information content (AvgIpc) is 2.60. The second kappa shape index (κ2) is 7.45. The van der Waals surface area contributed by atoms with E-state index in [0.29, 0.717) is 12.4 Å². The number of rotatable bonds is 5. The van der Waals surface area contributed by atoms with Gasteiger partial charge in [0.2, 0.25) is 5.91 Å². The molecule has 0 aliphatic carbocycles. The van der Waals surface area contributed by atoms with Gasteiger partial charge in [0, 0.05) is 11.9 Å². The Morgan fingerprint density at radius 2 is 1.79 bits per heavy atom. The van der Waals surface area contributed by atoms with E-state index in [0.717, 1.165) is 21.5 Å². The van der Waals surface area contributed by atoms with Crippen molar-refractivity contribution in [1.29, 1.82) is 0 Å². The van der Waals surface area contributed by atoms with Crippen LogP contribution in [0.25, 0.3) is 10.9 Å². The number of fused-ring (bicyclic) bond motifs is 1. The molecule has 24 heavy (non-hydrogen) atoms. The number of carbonyl (C=O) groups excluding carboxylic acids is 1. The van der Waals surface area contributed by atoms with Gasteiger partial charge in [0.05, 0.1) is 10.8 Å². The summed E-state index contributed by atoms with van der Waals surface area (Å²) >= 11 is 1.47. The third-order valence-electron chi connectivity index (χ3n) is 3.65. The fourth-order valence-electron chi connectivity index (χ4n) is 2.40. The minimum Gasteiger partial charge on any atom is -0.351 e. The summed E-state index contributed by atoms with van der Waals surface area (Å²) in [5.41, 5.74) is 2.00. The van der Waals surface area contributed by atoms with E-state index in [2.05, 4.69) is 15.3 Å². The number of thioether (sulfide) groups is 1. The van der Waals surface area contributed by atoms with Crippen LogP contribution < -0.4 is 5.32 Å². The van der Waals surface area contributed by atoms with Crippen molar-refractivity contribution < 1.29 is 4.79 Å². The number of benzene rings is 2. The monoisotopic (exact) mass is 337 g/mol. The van der Waals surface area contributed by atoms with E-state index in [9.17, 15) is 4.79 Å². The van der Waals surface area contributed by atoms with Crippen LogP contribution in [-0.4, -0.2) is 21.1 Å². The molecule has 122 valence electrons. The number of aryl methyl sites for hydroxylation is 1. The predicted molar refractivity (Wildman–Crippen MR) is 97.9 cm³/mol. The van der Waals surface area contributed by atoms with Gasteiger partial charge in [0.15, 0.2) is 0 Å². The molecular weight excluding hydrogens is 318 g/mol. The Balaban J connectivity index is 1.70. The Labute approximate surface area is 145 Å². The number of aromatic nitrogens is 2. The summed E-state index contributed by atoms with van der Waals surface area (Å²) in [6.45, 7) is 4.31. The van der Waals surface area contributed by atoms with Gasteiger partial charge in [-0.3, -0.25) is 4.79 Å². The first-order chi connectivity index (χ1) is 11.6. The quantitative estimate of drug-likeness (QED) is 0.569. The largest absolute Gasteiger partial charge is 0.351 e. The molecule has 0 bridgehead atoms. The molecular formula is C19H19N3OS. The zero-order chi connectivity index (χ0) is 16.9. The number of nitrogens with zero attached hydrogens (tertiary/aromatic N) is 2. The molecule has 0 radical (unpaired) electrons. The molecule has 3 aromatic rings. The fraction of sp³-hybridized carbons (Fsp3) is 0.211. The van der Waals surface area contributed by atoms with E-state index in [-0.39, 0.29) is 11.2 Å². The number of carbonyl (C=O) groups is 1. The number of amides is 1. The highest BCUT2D eigenvalue weighted by atomic mass is 32.2. The molecule has 0 aliphatic rings. The van der Waals surface area contributed by atoms with Gasteiger partial charge in [-0.15, -0.1) is 0 Å². The lowest BCUT2D eigenvalue weighted by atomic mass is 10.2. The van der Waals surface area contributed by atoms with Crippen LogP contribution in [0.1, 0.15) is 18.3 Å². The molecule has 4 nitrogen and oxygen atoms in total. The molecule has 0 saturated carbocycles. The van der Waals surface area contributed by atoms with Gasteiger partial charge in [0.1, 0.15) is 10.9 Å². The lowest BCUT2D eigenvalue weighted by Crippen LogP contribution is -2.30. The Kier molecular flexibility index (Phi) is 5.11. The maximum atomic E-state index is 12.4. The second-order valence-electron chi connectivity index (χ2n) is 5.56. The van der Waals surface area contributed by atoms with Crippen molar-refractivity contribution in [2.24, 2.45) is 0 Å². The van der Waals surface area contributed by atoms with Crippen molar-refractivity contribution in [3.05, 3.63) is 66.0 Å². The van der Waals surface area contributed by atoms with Gasteiger partial charge in [-0.2, -0.15) is 0 Å². The molecule has 1 heterocycles. The number of hydrogen-bond acceptors (Lipinski definition) is 4. The topological polar surface area (TPSA) is 54.9 Å². The van der Waals surface area contributed by atoms with E-state index in [1.165, 1.54) is 11.8 Å². The SMILES string of the molecule is Cc1nc(S[C@H](C)C(=O)NCc2ccccc2)c2ccccc2n1. The lowest BCUT2D eigenvalue weighted by molar-refractivity contribution is -0.120. The summed E-state index contributed by atoms with van der Waals surface area (Å²) < 4.78 is 0. The van der Waals surface area contributed by atoms with Gasteiger partial charge in [-0.25, -0.2) is 9.97 Å². The lowest BCUT2D eigenvalue weighted by Gasteiger charge is -2.13. The van der Waals surface area contributed by atoms with Crippen LogP contribution in [0.3, 0.4) is 0 Å². The van der Waals surface area contributed by atoms with Crippen molar-refractivity contribution in [1.82, 2.24) is 15.3 Å². The first kappa shape index (κ1) is 16.5. The van der Waals surface area contributed by atoms with E-state index in [1.54, 1.807) is 0 Å². The summed E-state index contributed by atoms with van der Waals surface area (Å²) in [6, 6.07) is 17.8. The molecule has 1 amide bonds. The first-order valence-electron chi connectivity index (χ1n) is 7.85. The van der Waals surface area contributed by atoms with E-state index < -0.39 is 0 Å². The molecule has 0 spiro atoms. The molecule has 0 fully saturated rings. The Morgan fingerprint density at radius 1 is 1.08 bits per heavy atom. The van der Waals surface area contributed by atoms with E-state index >= 15 is 0 Å². The molecule has 3 rings (SSSR count). The number of para-hydroxylation sites is 1. The van der Waals surface area contributed by atoms with Crippen LogP contribution in [0.2, 0.25) is 0 Å². The van der Waals surface area contributed by atoms with Gasteiger partial charge in [-0.1, -0.05) is 60.3 Å². The van der Waals surface area contributed by atoms with Crippen LogP contribution >= 0.6 is 11.8 Å². The normalized spacial score (nSPS) is 12.1. The molecule has 0 unspecified atom stereocenters.